The van der Waals surface area contributed by atoms with Crippen LogP contribution in [0.5, 0.6) is 0 Å². The summed E-state index contributed by atoms with van der Waals surface area (Å²) in [6.07, 6.45) is 3.84. The Balaban J connectivity index is 1.45. The van der Waals surface area contributed by atoms with Crippen molar-refractivity contribution in [3.8, 4) is 0 Å². The number of hydrogen-bond acceptors (Lipinski definition) is 2. The molecule has 2 aromatic carbocycles. The lowest BCUT2D eigenvalue weighted by Gasteiger charge is -2.33. The van der Waals surface area contributed by atoms with E-state index in [-0.39, 0.29) is 5.91 Å². The molecule has 0 radical (unpaired) electrons. The molecule has 1 aliphatic heterocycles. The van der Waals surface area contributed by atoms with Gasteiger partial charge in [0.05, 0.1) is 26.2 Å². The van der Waals surface area contributed by atoms with E-state index >= 15 is 0 Å². The molecular formula is C23H32N3O+. The molecule has 0 unspecified atom stereocenters. The molecule has 0 atom stereocenters. The Morgan fingerprint density at radius 3 is 2.37 bits per heavy atom. The monoisotopic (exact) mass is 366 g/mol. The maximum Gasteiger partial charge on any atom is 0.224 e. The fourth-order valence-electron chi connectivity index (χ4n) is 3.66. The number of amides is 1. The molecule has 0 aliphatic carbocycles. The number of unbranched alkanes of at least 4 members (excludes halogenated alkanes) is 2. The third kappa shape index (κ3) is 6.10. The Hall–Kier alpha value is -2.33. The van der Waals surface area contributed by atoms with E-state index in [9.17, 15) is 4.79 Å². The molecule has 0 aromatic heterocycles. The average Bonchev–Trinajstić information content (AvgIpc) is 2.70. The van der Waals surface area contributed by atoms with Crippen molar-refractivity contribution in [1.82, 2.24) is 0 Å². The summed E-state index contributed by atoms with van der Waals surface area (Å²) in [6, 6.07) is 19.1. The first-order chi connectivity index (χ1) is 13.2. The second-order valence-electron chi connectivity index (χ2n) is 7.45. The van der Waals surface area contributed by atoms with E-state index in [0.717, 1.165) is 57.7 Å². The van der Waals surface area contributed by atoms with Crippen LogP contribution in [0.2, 0.25) is 0 Å². The predicted octanol–water partition coefficient (Wildman–Crippen LogP) is 3.11. The van der Waals surface area contributed by atoms with Gasteiger partial charge < -0.3 is 15.1 Å². The number of benzene rings is 2. The third-order valence-corrected chi connectivity index (χ3v) is 5.29. The van der Waals surface area contributed by atoms with Crippen LogP contribution in [0.15, 0.2) is 54.6 Å². The first-order valence-electron chi connectivity index (χ1n) is 10.3. The van der Waals surface area contributed by atoms with Gasteiger partial charge in [0, 0.05) is 23.4 Å². The highest BCUT2D eigenvalue weighted by atomic mass is 16.1. The summed E-state index contributed by atoms with van der Waals surface area (Å²) in [5, 5.41) is 3.00. The SMILES string of the molecule is CCCCCC(=O)Nc1ccc(N2CC[NH+](Cc3ccccc3)CC2)cc1. The zero-order valence-electron chi connectivity index (χ0n) is 16.4. The van der Waals surface area contributed by atoms with E-state index in [1.807, 2.05) is 12.1 Å². The summed E-state index contributed by atoms with van der Waals surface area (Å²) < 4.78 is 0. The average molecular weight is 367 g/mol. The van der Waals surface area contributed by atoms with Gasteiger partial charge in [-0.25, -0.2) is 0 Å². The minimum Gasteiger partial charge on any atom is -0.360 e. The van der Waals surface area contributed by atoms with Crippen LogP contribution >= 0.6 is 0 Å². The van der Waals surface area contributed by atoms with Crippen molar-refractivity contribution in [3.63, 3.8) is 0 Å². The van der Waals surface area contributed by atoms with Gasteiger partial charge in [0.25, 0.3) is 0 Å². The number of rotatable bonds is 8. The molecule has 0 bridgehead atoms. The number of piperazine rings is 1. The van der Waals surface area contributed by atoms with E-state index in [2.05, 4.69) is 59.6 Å². The minimum absolute atomic E-state index is 0.120. The van der Waals surface area contributed by atoms with Gasteiger partial charge in [-0.15, -0.1) is 0 Å². The molecule has 0 saturated carbocycles. The van der Waals surface area contributed by atoms with E-state index in [1.54, 1.807) is 4.90 Å². The summed E-state index contributed by atoms with van der Waals surface area (Å²) in [5.41, 5.74) is 3.56. The number of nitrogens with zero attached hydrogens (tertiary/aromatic N) is 1. The number of carbonyl (C=O) groups is 1. The predicted molar refractivity (Wildman–Crippen MR) is 112 cm³/mol. The van der Waals surface area contributed by atoms with E-state index in [1.165, 1.54) is 11.3 Å². The molecule has 1 saturated heterocycles. The molecule has 1 heterocycles. The maximum absolute atomic E-state index is 11.9. The standard InChI is InChI=1S/C23H31N3O/c1-2-3-5-10-23(27)24-21-11-13-22(14-12-21)26-17-15-25(16-18-26)19-20-8-6-4-7-9-20/h4,6-9,11-14H,2-3,5,10,15-19H2,1H3,(H,24,27)/p+1. The van der Waals surface area contributed by atoms with Crippen LogP contribution in [-0.2, 0) is 11.3 Å². The summed E-state index contributed by atoms with van der Waals surface area (Å²) in [6.45, 7) is 7.72. The molecule has 27 heavy (non-hydrogen) atoms. The Morgan fingerprint density at radius 2 is 1.70 bits per heavy atom. The number of nitrogens with one attached hydrogen (secondary N) is 2. The molecule has 2 N–H and O–H groups in total. The van der Waals surface area contributed by atoms with Crippen molar-refractivity contribution in [1.29, 1.82) is 0 Å². The molecule has 1 aliphatic rings. The third-order valence-electron chi connectivity index (χ3n) is 5.29. The van der Waals surface area contributed by atoms with Crippen LogP contribution in [0, 0.1) is 0 Å². The second-order valence-corrected chi connectivity index (χ2v) is 7.45. The lowest BCUT2D eigenvalue weighted by Crippen LogP contribution is -3.13. The van der Waals surface area contributed by atoms with Gasteiger partial charge in [-0.05, 0) is 30.7 Å². The number of quaternary nitrogens is 1. The van der Waals surface area contributed by atoms with E-state index < -0.39 is 0 Å². The second kappa shape index (κ2) is 10.1. The van der Waals surface area contributed by atoms with Gasteiger partial charge in [0.15, 0.2) is 0 Å². The van der Waals surface area contributed by atoms with Gasteiger partial charge >= 0.3 is 0 Å². The highest BCUT2D eigenvalue weighted by Crippen LogP contribution is 2.18. The molecule has 0 spiro atoms. The van der Waals surface area contributed by atoms with Crippen LogP contribution in [0.3, 0.4) is 0 Å². The van der Waals surface area contributed by atoms with Crippen LogP contribution in [0.4, 0.5) is 11.4 Å². The van der Waals surface area contributed by atoms with Crippen LogP contribution in [0.25, 0.3) is 0 Å². The molecule has 4 nitrogen and oxygen atoms in total. The van der Waals surface area contributed by atoms with E-state index in [0.29, 0.717) is 6.42 Å². The van der Waals surface area contributed by atoms with Gasteiger partial charge in [-0.3, -0.25) is 4.79 Å². The Bertz CT molecular complexity index is 691. The zero-order chi connectivity index (χ0) is 18.9. The van der Waals surface area contributed by atoms with Crippen LogP contribution < -0.4 is 15.1 Å². The highest BCUT2D eigenvalue weighted by Gasteiger charge is 2.20. The molecule has 1 amide bonds. The number of anilines is 2. The molecule has 1 fully saturated rings. The first kappa shape index (κ1) is 19.4. The largest absolute Gasteiger partial charge is 0.360 e. The van der Waals surface area contributed by atoms with Gasteiger partial charge in [-0.1, -0.05) is 50.1 Å². The van der Waals surface area contributed by atoms with Crippen LogP contribution in [0.1, 0.15) is 38.2 Å². The zero-order valence-corrected chi connectivity index (χ0v) is 16.4. The molecule has 3 rings (SSSR count). The lowest BCUT2D eigenvalue weighted by atomic mass is 10.2. The van der Waals surface area contributed by atoms with E-state index in [4.69, 9.17) is 0 Å². The summed E-state index contributed by atoms with van der Waals surface area (Å²) in [7, 11) is 0. The van der Waals surface area contributed by atoms with Crippen molar-refractivity contribution < 1.29 is 9.69 Å². The summed E-state index contributed by atoms with van der Waals surface area (Å²) in [4.78, 5) is 16.0. The van der Waals surface area contributed by atoms with Crippen LogP contribution in [-0.4, -0.2) is 32.1 Å². The topological polar surface area (TPSA) is 36.8 Å². The van der Waals surface area contributed by atoms with Crippen molar-refractivity contribution in [2.75, 3.05) is 36.4 Å². The minimum atomic E-state index is 0.120. The lowest BCUT2D eigenvalue weighted by molar-refractivity contribution is -0.914. The van der Waals surface area contributed by atoms with Crippen molar-refractivity contribution in [3.05, 3.63) is 60.2 Å². The van der Waals surface area contributed by atoms with Crippen molar-refractivity contribution >= 4 is 17.3 Å². The maximum atomic E-state index is 11.9. The smallest absolute Gasteiger partial charge is 0.224 e. The molecule has 2 aromatic rings. The Labute approximate surface area is 163 Å². The summed E-state index contributed by atoms with van der Waals surface area (Å²) >= 11 is 0. The molecule has 144 valence electrons. The summed E-state index contributed by atoms with van der Waals surface area (Å²) in [5.74, 6) is 0.120. The molecule has 4 heteroatoms. The normalized spacial score (nSPS) is 14.9. The number of hydrogen-bond donors (Lipinski definition) is 2. The molecular weight excluding hydrogens is 334 g/mol. The first-order valence-corrected chi connectivity index (χ1v) is 10.3. The number of carbonyl (C=O) groups excluding carboxylic acids is 1. The van der Waals surface area contributed by atoms with Gasteiger partial charge in [0.2, 0.25) is 5.91 Å². The highest BCUT2D eigenvalue weighted by molar-refractivity contribution is 5.90. The Kier molecular flexibility index (Phi) is 7.28. The van der Waals surface area contributed by atoms with Gasteiger partial charge in [0.1, 0.15) is 6.54 Å². The van der Waals surface area contributed by atoms with Crippen molar-refractivity contribution in [2.45, 2.75) is 39.2 Å². The van der Waals surface area contributed by atoms with Crippen molar-refractivity contribution in [2.24, 2.45) is 0 Å². The fraction of sp³-hybridized carbons (Fsp3) is 0.435. The Morgan fingerprint density at radius 1 is 1.00 bits per heavy atom. The quantitative estimate of drug-likeness (QED) is 0.705. The fourth-order valence-corrected chi connectivity index (χ4v) is 3.66. The van der Waals surface area contributed by atoms with Gasteiger partial charge in [-0.2, -0.15) is 0 Å².